The van der Waals surface area contributed by atoms with E-state index >= 15 is 0 Å². The van der Waals surface area contributed by atoms with Crippen LogP contribution in [0.3, 0.4) is 0 Å². The van der Waals surface area contributed by atoms with Crippen molar-refractivity contribution in [3.63, 3.8) is 0 Å². The molecule has 0 spiro atoms. The highest BCUT2D eigenvalue weighted by molar-refractivity contribution is 5.89. The fraction of sp³-hybridized carbons (Fsp3) is 0.419. The lowest BCUT2D eigenvalue weighted by molar-refractivity contribution is -0.146. The van der Waals surface area contributed by atoms with E-state index in [4.69, 9.17) is 14.2 Å². The molecule has 0 radical (unpaired) electrons. The lowest BCUT2D eigenvalue weighted by Crippen LogP contribution is -2.41. The van der Waals surface area contributed by atoms with Gasteiger partial charge >= 0.3 is 5.97 Å². The molecule has 40 heavy (non-hydrogen) atoms. The van der Waals surface area contributed by atoms with E-state index in [0.717, 1.165) is 42.0 Å². The molecule has 1 amide bonds. The second-order valence-corrected chi connectivity index (χ2v) is 10.3. The zero-order valence-corrected chi connectivity index (χ0v) is 23.7. The first-order valence-corrected chi connectivity index (χ1v) is 13.7. The number of aryl methyl sites for hydroxylation is 1. The van der Waals surface area contributed by atoms with Crippen molar-refractivity contribution in [1.29, 1.82) is 0 Å². The summed E-state index contributed by atoms with van der Waals surface area (Å²) >= 11 is 0. The van der Waals surface area contributed by atoms with Crippen molar-refractivity contribution in [2.24, 2.45) is 0 Å². The lowest BCUT2D eigenvalue weighted by Gasteiger charge is -2.33. The van der Waals surface area contributed by atoms with Crippen molar-refractivity contribution in [3.05, 3.63) is 72.1 Å². The molecule has 212 valence electrons. The van der Waals surface area contributed by atoms with Gasteiger partial charge in [-0.1, -0.05) is 36.4 Å². The van der Waals surface area contributed by atoms with Crippen molar-refractivity contribution in [1.82, 2.24) is 9.97 Å². The van der Waals surface area contributed by atoms with Crippen molar-refractivity contribution >= 4 is 23.5 Å². The molecule has 0 bridgehead atoms. The molecule has 0 unspecified atom stereocenters. The number of nitrogens with zero attached hydrogens (tertiary/aromatic N) is 3. The summed E-state index contributed by atoms with van der Waals surface area (Å²) in [4.78, 5) is 35.8. The number of carbonyl (C=O) groups is 2. The summed E-state index contributed by atoms with van der Waals surface area (Å²) in [6, 6.07) is 15.4. The van der Waals surface area contributed by atoms with Gasteiger partial charge in [-0.25, -0.2) is 4.98 Å². The first-order valence-electron chi connectivity index (χ1n) is 13.7. The van der Waals surface area contributed by atoms with Crippen LogP contribution in [0.15, 0.2) is 60.9 Å². The maximum absolute atomic E-state index is 12.7. The molecule has 0 aliphatic carbocycles. The Morgan fingerprint density at radius 3 is 2.55 bits per heavy atom. The molecule has 3 aromatic rings. The summed E-state index contributed by atoms with van der Waals surface area (Å²) in [5.41, 5.74) is 1.14. The molecular formula is C31H38N4O5. The Labute approximate surface area is 235 Å². The summed E-state index contributed by atoms with van der Waals surface area (Å²) in [6.07, 6.45) is 6.00. The fourth-order valence-electron chi connectivity index (χ4n) is 4.74. The third kappa shape index (κ3) is 7.28. The van der Waals surface area contributed by atoms with Crippen molar-refractivity contribution in [2.75, 3.05) is 37.0 Å². The highest BCUT2D eigenvalue weighted by Gasteiger charge is 2.30. The average molecular weight is 547 g/mol. The molecular weight excluding hydrogens is 508 g/mol. The second-order valence-electron chi connectivity index (χ2n) is 10.3. The van der Waals surface area contributed by atoms with Crippen LogP contribution in [0.5, 0.6) is 11.5 Å². The van der Waals surface area contributed by atoms with Crippen LogP contribution in [-0.4, -0.2) is 54.8 Å². The SMILES string of the molecule is CCOc1ccccc1O[C@@H]1CCCN(c2cncc(NC(=O)CCc3ccc(C(C)(C)C(=O)OC)cc3)n2)C1. The molecule has 9 nitrogen and oxygen atoms in total. The minimum Gasteiger partial charge on any atom is -0.490 e. The maximum Gasteiger partial charge on any atom is 0.315 e. The van der Waals surface area contributed by atoms with Crippen LogP contribution in [0.1, 0.15) is 51.2 Å². The first-order chi connectivity index (χ1) is 19.3. The number of amides is 1. The molecule has 1 atom stereocenters. The van der Waals surface area contributed by atoms with Gasteiger partial charge < -0.3 is 24.4 Å². The molecule has 1 aromatic heterocycles. The van der Waals surface area contributed by atoms with Gasteiger partial charge in [-0.05, 0) is 63.3 Å². The van der Waals surface area contributed by atoms with E-state index in [1.807, 2.05) is 69.3 Å². The number of aromatic nitrogens is 2. The molecule has 1 fully saturated rings. The zero-order valence-electron chi connectivity index (χ0n) is 23.7. The molecule has 9 heteroatoms. The van der Waals surface area contributed by atoms with Gasteiger partial charge in [0.1, 0.15) is 11.9 Å². The smallest absolute Gasteiger partial charge is 0.315 e. The number of rotatable bonds is 11. The number of piperidine rings is 1. The number of hydrogen-bond acceptors (Lipinski definition) is 8. The van der Waals surface area contributed by atoms with E-state index in [1.165, 1.54) is 7.11 Å². The molecule has 2 heterocycles. The predicted octanol–water partition coefficient (Wildman–Crippen LogP) is 4.95. The zero-order chi connectivity index (χ0) is 28.5. The van der Waals surface area contributed by atoms with Crippen molar-refractivity contribution in [3.8, 4) is 11.5 Å². The molecule has 4 rings (SSSR count). The number of esters is 1. The maximum atomic E-state index is 12.7. The Hall–Kier alpha value is -4.14. The second kappa shape index (κ2) is 13.3. The molecule has 1 aliphatic rings. The van der Waals surface area contributed by atoms with Gasteiger partial charge in [-0.15, -0.1) is 0 Å². The normalized spacial score (nSPS) is 15.3. The average Bonchev–Trinajstić information content (AvgIpc) is 2.97. The van der Waals surface area contributed by atoms with Gasteiger partial charge in [0.15, 0.2) is 17.3 Å². The van der Waals surface area contributed by atoms with Gasteiger partial charge in [0.2, 0.25) is 5.91 Å². The van der Waals surface area contributed by atoms with E-state index in [0.29, 0.717) is 37.6 Å². The number of nitrogens with one attached hydrogen (secondary N) is 1. The third-order valence-corrected chi connectivity index (χ3v) is 7.05. The Kier molecular flexibility index (Phi) is 9.58. The number of methoxy groups -OCH3 is 1. The Bertz CT molecular complexity index is 1290. The Morgan fingerprint density at radius 2 is 1.82 bits per heavy atom. The van der Waals surface area contributed by atoms with E-state index < -0.39 is 5.41 Å². The van der Waals surface area contributed by atoms with Crippen LogP contribution < -0.4 is 19.7 Å². The highest BCUT2D eigenvalue weighted by atomic mass is 16.5. The number of carbonyl (C=O) groups excluding carboxylic acids is 2. The standard InChI is InChI=1S/C31H38N4O5/c1-5-39-25-10-6-7-11-26(25)40-24-9-8-18-35(21-24)28-20-32-19-27(33-28)34-29(36)17-14-22-12-15-23(16-13-22)31(2,3)30(37)38-4/h6-7,10-13,15-16,19-20,24H,5,8-9,14,17-18,21H2,1-4H3,(H,33,34,36)/t24-/m1/s1. The Morgan fingerprint density at radius 1 is 1.07 bits per heavy atom. The fourth-order valence-corrected chi connectivity index (χ4v) is 4.74. The predicted molar refractivity (Wildman–Crippen MR) is 154 cm³/mol. The van der Waals surface area contributed by atoms with Gasteiger partial charge in [0, 0.05) is 13.0 Å². The number of anilines is 2. The molecule has 0 saturated carbocycles. The molecule has 2 aromatic carbocycles. The monoisotopic (exact) mass is 546 g/mol. The van der Waals surface area contributed by atoms with E-state index in [2.05, 4.69) is 20.2 Å². The molecule has 1 N–H and O–H groups in total. The highest BCUT2D eigenvalue weighted by Crippen LogP contribution is 2.30. The summed E-state index contributed by atoms with van der Waals surface area (Å²) in [5.74, 6) is 2.17. The van der Waals surface area contributed by atoms with Gasteiger partial charge in [-0.3, -0.25) is 14.6 Å². The van der Waals surface area contributed by atoms with Gasteiger partial charge in [-0.2, -0.15) is 0 Å². The van der Waals surface area contributed by atoms with Crippen LogP contribution in [0, 0.1) is 0 Å². The minimum atomic E-state index is -0.733. The summed E-state index contributed by atoms with van der Waals surface area (Å²) < 4.78 is 16.9. The van der Waals surface area contributed by atoms with Crippen LogP contribution in [0.4, 0.5) is 11.6 Å². The van der Waals surface area contributed by atoms with E-state index in [9.17, 15) is 9.59 Å². The third-order valence-electron chi connectivity index (χ3n) is 7.05. The van der Waals surface area contributed by atoms with Gasteiger partial charge in [0.25, 0.3) is 0 Å². The van der Waals surface area contributed by atoms with Crippen LogP contribution in [0.2, 0.25) is 0 Å². The topological polar surface area (TPSA) is 103 Å². The van der Waals surface area contributed by atoms with E-state index in [-0.39, 0.29) is 18.0 Å². The number of benzene rings is 2. The van der Waals surface area contributed by atoms with Crippen LogP contribution in [0.25, 0.3) is 0 Å². The van der Waals surface area contributed by atoms with Crippen molar-refractivity contribution in [2.45, 2.75) is 58.0 Å². The first kappa shape index (κ1) is 28.9. The lowest BCUT2D eigenvalue weighted by atomic mass is 9.84. The van der Waals surface area contributed by atoms with Crippen molar-refractivity contribution < 1.29 is 23.8 Å². The van der Waals surface area contributed by atoms with Gasteiger partial charge in [0.05, 0.1) is 38.1 Å². The summed E-state index contributed by atoms with van der Waals surface area (Å²) in [7, 11) is 1.39. The largest absolute Gasteiger partial charge is 0.490 e. The minimum absolute atomic E-state index is 0.0139. The van der Waals surface area contributed by atoms with Crippen LogP contribution >= 0.6 is 0 Å². The summed E-state index contributed by atoms with van der Waals surface area (Å²) in [5, 5.41) is 2.87. The molecule has 1 saturated heterocycles. The number of ether oxygens (including phenoxy) is 3. The van der Waals surface area contributed by atoms with E-state index in [1.54, 1.807) is 12.4 Å². The summed E-state index contributed by atoms with van der Waals surface area (Å²) in [6.45, 7) is 7.68. The van der Waals surface area contributed by atoms with Crippen LogP contribution in [-0.2, 0) is 26.2 Å². The number of para-hydroxylation sites is 2. The molecule has 1 aliphatic heterocycles. The number of hydrogen-bond donors (Lipinski definition) is 1. The Balaban J connectivity index is 1.31. The quantitative estimate of drug-likeness (QED) is 0.337.